The lowest BCUT2D eigenvalue weighted by Gasteiger charge is -2.28. The van der Waals surface area contributed by atoms with E-state index >= 15 is 0 Å². The van der Waals surface area contributed by atoms with E-state index in [1.165, 1.54) is 11.8 Å². The zero-order valence-electron chi connectivity index (χ0n) is 9.59. The van der Waals surface area contributed by atoms with Gasteiger partial charge in [0, 0.05) is 6.54 Å². The Bertz CT molecular complexity index is 432. The third-order valence-electron chi connectivity index (χ3n) is 2.91. The molecule has 0 aromatic heterocycles. The standard InChI is InChI=1S/C13H15NO2S/c1-13(7-8-17-11(13)12(15)16)14-9-10-5-3-2-4-6-10/h2-8,11,14H,9H2,1H3,(H,15,16). The number of benzene rings is 1. The van der Waals surface area contributed by atoms with Gasteiger partial charge in [-0.1, -0.05) is 36.4 Å². The van der Waals surface area contributed by atoms with Crippen molar-refractivity contribution in [3.05, 3.63) is 47.4 Å². The second-order valence-electron chi connectivity index (χ2n) is 4.28. The van der Waals surface area contributed by atoms with Crippen LogP contribution in [0.25, 0.3) is 0 Å². The van der Waals surface area contributed by atoms with Crippen LogP contribution in [0.5, 0.6) is 0 Å². The molecule has 0 aliphatic carbocycles. The molecule has 2 atom stereocenters. The molecular formula is C13H15NO2S. The molecule has 2 rings (SSSR count). The van der Waals surface area contributed by atoms with Crippen LogP contribution >= 0.6 is 11.8 Å². The lowest BCUT2D eigenvalue weighted by Crippen LogP contribution is -2.50. The van der Waals surface area contributed by atoms with Crippen LogP contribution in [0, 0.1) is 0 Å². The quantitative estimate of drug-likeness (QED) is 0.859. The first kappa shape index (κ1) is 12.2. The van der Waals surface area contributed by atoms with Crippen LogP contribution in [-0.4, -0.2) is 21.9 Å². The van der Waals surface area contributed by atoms with Crippen LogP contribution in [0.4, 0.5) is 0 Å². The molecule has 2 unspecified atom stereocenters. The van der Waals surface area contributed by atoms with E-state index in [0.717, 1.165) is 5.56 Å². The van der Waals surface area contributed by atoms with Gasteiger partial charge >= 0.3 is 5.97 Å². The molecule has 4 heteroatoms. The summed E-state index contributed by atoms with van der Waals surface area (Å²) in [5, 5.41) is 13.9. The zero-order chi connectivity index (χ0) is 12.3. The van der Waals surface area contributed by atoms with Gasteiger partial charge in [0.2, 0.25) is 0 Å². The van der Waals surface area contributed by atoms with Crippen molar-refractivity contribution in [2.24, 2.45) is 0 Å². The maximum atomic E-state index is 11.1. The number of nitrogens with one attached hydrogen (secondary N) is 1. The topological polar surface area (TPSA) is 49.3 Å². The number of carbonyl (C=O) groups is 1. The van der Waals surface area contributed by atoms with Crippen molar-refractivity contribution in [1.82, 2.24) is 5.32 Å². The van der Waals surface area contributed by atoms with Crippen LogP contribution < -0.4 is 5.32 Å². The van der Waals surface area contributed by atoms with Gasteiger partial charge in [0.25, 0.3) is 0 Å². The Labute approximate surface area is 105 Å². The number of hydrogen-bond donors (Lipinski definition) is 2. The van der Waals surface area contributed by atoms with E-state index in [0.29, 0.717) is 6.54 Å². The van der Waals surface area contributed by atoms with Crippen LogP contribution in [0.2, 0.25) is 0 Å². The van der Waals surface area contributed by atoms with E-state index in [1.807, 2.05) is 48.7 Å². The van der Waals surface area contributed by atoms with E-state index in [1.54, 1.807) is 0 Å². The Hall–Kier alpha value is -1.26. The monoisotopic (exact) mass is 249 g/mol. The molecule has 1 heterocycles. The summed E-state index contributed by atoms with van der Waals surface area (Å²) in [6.07, 6.45) is 1.93. The van der Waals surface area contributed by atoms with Gasteiger partial charge in [-0.05, 0) is 17.9 Å². The van der Waals surface area contributed by atoms with Gasteiger partial charge in [-0.2, -0.15) is 0 Å². The number of carboxylic acids is 1. The molecule has 1 aromatic carbocycles. The lowest BCUT2D eigenvalue weighted by atomic mass is 9.97. The molecule has 90 valence electrons. The van der Waals surface area contributed by atoms with Crippen molar-refractivity contribution in [3.8, 4) is 0 Å². The van der Waals surface area contributed by atoms with E-state index < -0.39 is 16.8 Å². The summed E-state index contributed by atoms with van der Waals surface area (Å²) < 4.78 is 0. The van der Waals surface area contributed by atoms with Crippen molar-refractivity contribution in [3.63, 3.8) is 0 Å². The lowest BCUT2D eigenvalue weighted by molar-refractivity contribution is -0.137. The van der Waals surface area contributed by atoms with Crippen molar-refractivity contribution < 1.29 is 9.90 Å². The zero-order valence-corrected chi connectivity index (χ0v) is 10.4. The van der Waals surface area contributed by atoms with Crippen molar-refractivity contribution in [2.75, 3.05) is 0 Å². The highest BCUT2D eigenvalue weighted by molar-refractivity contribution is 8.03. The minimum Gasteiger partial charge on any atom is -0.480 e. The largest absolute Gasteiger partial charge is 0.480 e. The molecule has 1 aliphatic rings. The minimum atomic E-state index is -0.775. The molecule has 0 spiro atoms. The van der Waals surface area contributed by atoms with Crippen molar-refractivity contribution in [2.45, 2.75) is 24.3 Å². The summed E-state index contributed by atoms with van der Waals surface area (Å²) in [5.74, 6) is -0.775. The molecule has 0 bridgehead atoms. The van der Waals surface area contributed by atoms with Gasteiger partial charge in [0.1, 0.15) is 5.25 Å². The van der Waals surface area contributed by atoms with Gasteiger partial charge in [-0.25, -0.2) is 0 Å². The minimum absolute atomic E-state index is 0.453. The molecule has 2 N–H and O–H groups in total. The van der Waals surface area contributed by atoms with Gasteiger partial charge in [-0.3, -0.25) is 4.79 Å². The molecule has 0 fully saturated rings. The van der Waals surface area contributed by atoms with Crippen molar-refractivity contribution in [1.29, 1.82) is 0 Å². The van der Waals surface area contributed by atoms with E-state index in [2.05, 4.69) is 5.32 Å². The number of thioether (sulfide) groups is 1. The number of rotatable bonds is 4. The number of carboxylic acid groups (broad SMARTS) is 1. The first-order chi connectivity index (χ1) is 8.12. The molecule has 17 heavy (non-hydrogen) atoms. The average Bonchev–Trinajstić information content (AvgIpc) is 2.71. The van der Waals surface area contributed by atoms with E-state index in [4.69, 9.17) is 5.11 Å². The first-order valence-electron chi connectivity index (χ1n) is 5.47. The summed E-state index contributed by atoms with van der Waals surface area (Å²) >= 11 is 1.35. The Morgan fingerprint density at radius 1 is 1.47 bits per heavy atom. The normalized spacial score (nSPS) is 27.2. The molecule has 0 amide bonds. The number of aliphatic carboxylic acids is 1. The fraction of sp³-hybridized carbons (Fsp3) is 0.308. The van der Waals surface area contributed by atoms with Crippen LogP contribution in [0.1, 0.15) is 12.5 Å². The molecule has 3 nitrogen and oxygen atoms in total. The number of hydrogen-bond acceptors (Lipinski definition) is 3. The maximum Gasteiger partial charge on any atom is 0.319 e. The predicted molar refractivity (Wildman–Crippen MR) is 69.8 cm³/mol. The highest BCUT2D eigenvalue weighted by atomic mass is 32.2. The summed E-state index contributed by atoms with van der Waals surface area (Å²) in [6, 6.07) is 9.98. The van der Waals surface area contributed by atoms with Crippen molar-refractivity contribution >= 4 is 17.7 Å². The Balaban J connectivity index is 2.03. The van der Waals surface area contributed by atoms with Gasteiger partial charge in [-0.15, -0.1) is 11.8 Å². The van der Waals surface area contributed by atoms with Crippen LogP contribution in [-0.2, 0) is 11.3 Å². The fourth-order valence-electron chi connectivity index (χ4n) is 1.84. The summed E-state index contributed by atoms with van der Waals surface area (Å²) in [5.41, 5.74) is 0.676. The smallest absolute Gasteiger partial charge is 0.319 e. The Morgan fingerprint density at radius 2 is 2.18 bits per heavy atom. The molecule has 0 saturated carbocycles. The summed E-state index contributed by atoms with van der Waals surface area (Å²) in [7, 11) is 0. The predicted octanol–water partition coefficient (Wildman–Crippen LogP) is 2.25. The van der Waals surface area contributed by atoms with Crippen LogP contribution in [0.3, 0.4) is 0 Å². The fourth-order valence-corrected chi connectivity index (χ4v) is 2.92. The van der Waals surface area contributed by atoms with Gasteiger partial charge in [0.05, 0.1) is 5.54 Å². The van der Waals surface area contributed by atoms with Crippen LogP contribution in [0.15, 0.2) is 41.8 Å². The molecule has 1 aromatic rings. The highest BCUT2D eigenvalue weighted by Gasteiger charge is 2.40. The summed E-state index contributed by atoms with van der Waals surface area (Å²) in [6.45, 7) is 2.59. The third kappa shape index (κ3) is 2.70. The molecule has 1 aliphatic heterocycles. The molecule has 0 radical (unpaired) electrons. The average molecular weight is 249 g/mol. The third-order valence-corrected chi connectivity index (χ3v) is 4.17. The van der Waals surface area contributed by atoms with E-state index in [-0.39, 0.29) is 0 Å². The first-order valence-corrected chi connectivity index (χ1v) is 6.41. The maximum absolute atomic E-state index is 11.1. The molecule has 0 saturated heterocycles. The SMILES string of the molecule is CC1(NCc2ccccc2)C=CSC1C(=O)O. The Morgan fingerprint density at radius 3 is 2.82 bits per heavy atom. The highest BCUT2D eigenvalue weighted by Crippen LogP contribution is 2.33. The van der Waals surface area contributed by atoms with E-state index in [9.17, 15) is 4.79 Å². The second kappa shape index (κ2) is 4.94. The molecular weight excluding hydrogens is 234 g/mol. The summed E-state index contributed by atoms with van der Waals surface area (Å²) in [4.78, 5) is 11.1. The van der Waals surface area contributed by atoms with Gasteiger partial charge in [0.15, 0.2) is 0 Å². The Kier molecular flexibility index (Phi) is 3.54. The second-order valence-corrected chi connectivity index (χ2v) is 5.29. The van der Waals surface area contributed by atoms with Gasteiger partial charge < -0.3 is 10.4 Å².